The van der Waals surface area contributed by atoms with E-state index in [0.29, 0.717) is 0 Å². The van der Waals surface area contributed by atoms with Gasteiger partial charge >= 0.3 is 45.2 Å². The molecule has 0 aromatic heterocycles. The van der Waals surface area contributed by atoms with Crippen molar-refractivity contribution in [1.82, 2.24) is 0 Å². The summed E-state index contributed by atoms with van der Waals surface area (Å²) in [6.45, 7) is 45.1. The second-order valence-corrected chi connectivity index (χ2v) is 11.8. The Hall–Kier alpha value is -0.963. The minimum atomic E-state index is 0. The molecular formula is C30H42Mo2O4-2. The van der Waals surface area contributed by atoms with Crippen LogP contribution in [0.2, 0.25) is 0 Å². The Labute approximate surface area is 249 Å². The summed E-state index contributed by atoms with van der Waals surface area (Å²) in [6, 6.07) is 13.7. The van der Waals surface area contributed by atoms with Gasteiger partial charge in [0.25, 0.3) is 0 Å². The van der Waals surface area contributed by atoms with E-state index in [1.54, 1.807) is 0 Å². The minimum Gasteiger partial charge on any atom is 0 e. The fraction of sp³-hybridized carbons (Fsp3) is 0.533. The molecule has 0 aliphatic rings. The molecule has 2 aromatic rings. The molecule has 0 fully saturated rings. The van der Waals surface area contributed by atoms with Gasteiger partial charge in [0.15, 0.2) is 0 Å². The van der Waals surface area contributed by atoms with E-state index in [-0.39, 0.29) is 63.8 Å². The Balaban J connectivity index is -0.0000000936. The van der Waals surface area contributed by atoms with E-state index in [1.807, 2.05) is 0 Å². The maximum atomic E-state index is 7.50. The van der Waals surface area contributed by atoms with Crippen LogP contribution < -0.4 is 0 Å². The van der Waals surface area contributed by atoms with Gasteiger partial charge < -0.3 is 0 Å². The molecule has 0 spiro atoms. The number of rotatable bonds is 0. The SMILES string of the molecule is CC(C)(C)c1cc[c-](C(C)(C)C)c1.CC(C)(C)c1cc[c-](C(C)(C)C)c1.[C-]#[O+].[C-]#[O+].[C-]#[O+].[C-]#[O+].[Mo].[Mo]. The van der Waals surface area contributed by atoms with Crippen LogP contribution in [0.3, 0.4) is 0 Å². The van der Waals surface area contributed by atoms with Gasteiger partial charge in [0.05, 0.1) is 0 Å². The van der Waals surface area contributed by atoms with E-state index >= 15 is 0 Å². The van der Waals surface area contributed by atoms with Gasteiger partial charge in [-0.3, -0.25) is 0 Å². The first-order valence-electron chi connectivity index (χ1n) is 10.8. The molecule has 0 radical (unpaired) electrons. The van der Waals surface area contributed by atoms with Crippen LogP contribution in [0, 0.1) is 26.6 Å². The van der Waals surface area contributed by atoms with Crippen LogP contribution in [0.25, 0.3) is 0 Å². The molecule has 0 aliphatic heterocycles. The maximum Gasteiger partial charge on any atom is 0 e. The molecule has 0 amide bonds. The molecule has 0 saturated carbocycles. The van der Waals surface area contributed by atoms with Crippen LogP contribution in [0.4, 0.5) is 0 Å². The van der Waals surface area contributed by atoms with Crippen LogP contribution in [0.15, 0.2) is 36.4 Å². The van der Waals surface area contributed by atoms with Crippen LogP contribution >= 0.6 is 0 Å². The van der Waals surface area contributed by atoms with E-state index in [1.165, 1.54) is 22.3 Å². The first-order chi connectivity index (χ1) is 15.4. The van der Waals surface area contributed by atoms with Crippen molar-refractivity contribution < 1.29 is 60.7 Å². The third-order valence-corrected chi connectivity index (χ3v) is 4.97. The van der Waals surface area contributed by atoms with Crippen molar-refractivity contribution in [3.63, 3.8) is 0 Å². The van der Waals surface area contributed by atoms with E-state index in [2.05, 4.69) is 146 Å². The Bertz CT molecular complexity index is 723. The topological polar surface area (TPSA) is 79.6 Å². The standard InChI is InChI=1S/2C13H21.4CO.2Mo/c2*1-12(2,3)10-7-8-11(9-10)13(4,5)6;4*1-2;;/h2*7-9H,1-6H3;;;;;;/q2*-1;;;;;;. The summed E-state index contributed by atoms with van der Waals surface area (Å²) in [6.07, 6.45) is 0. The van der Waals surface area contributed by atoms with Crippen molar-refractivity contribution in [1.29, 1.82) is 0 Å². The van der Waals surface area contributed by atoms with Gasteiger partial charge in [-0.25, -0.2) is 12.1 Å². The van der Waals surface area contributed by atoms with E-state index in [4.69, 9.17) is 18.6 Å². The van der Waals surface area contributed by atoms with Gasteiger partial charge in [0.1, 0.15) is 0 Å². The molecular weight excluding hydrogens is 616 g/mol. The molecule has 6 heteroatoms. The Morgan fingerprint density at radius 2 is 0.667 bits per heavy atom. The van der Waals surface area contributed by atoms with Crippen molar-refractivity contribution >= 4 is 0 Å². The maximum absolute atomic E-state index is 7.50. The summed E-state index contributed by atoms with van der Waals surface area (Å²) in [5, 5.41) is 0. The third-order valence-electron chi connectivity index (χ3n) is 4.97. The molecule has 2 aromatic carbocycles. The molecule has 200 valence electrons. The average molecular weight is 659 g/mol. The zero-order chi connectivity index (χ0) is 28.6. The zero-order valence-electron chi connectivity index (χ0n) is 23.9. The van der Waals surface area contributed by atoms with Crippen molar-refractivity contribution in [2.45, 2.75) is 105 Å². The Morgan fingerprint density at radius 3 is 0.750 bits per heavy atom. The second kappa shape index (κ2) is 22.1. The zero-order valence-corrected chi connectivity index (χ0v) is 27.9. The summed E-state index contributed by atoms with van der Waals surface area (Å²) in [7, 11) is 0. The van der Waals surface area contributed by atoms with Gasteiger partial charge in [-0.05, 0) is 0 Å². The van der Waals surface area contributed by atoms with E-state index < -0.39 is 0 Å². The van der Waals surface area contributed by atoms with Gasteiger partial charge in [-0.2, -0.15) is 46.5 Å². The van der Waals surface area contributed by atoms with Crippen LogP contribution in [-0.2, 0) is 82.4 Å². The molecule has 0 aliphatic carbocycles. The molecule has 36 heavy (non-hydrogen) atoms. The second-order valence-electron chi connectivity index (χ2n) is 11.8. The molecule has 0 bridgehead atoms. The van der Waals surface area contributed by atoms with E-state index in [0.717, 1.165) is 0 Å². The Kier molecular flexibility index (Phi) is 29.5. The normalized spacial score (nSPS) is 9.89. The third kappa shape index (κ3) is 20.1. The summed E-state index contributed by atoms with van der Waals surface area (Å²) in [4.78, 5) is 0. The predicted octanol–water partition coefficient (Wildman–Crippen LogP) is 7.85. The largest absolute Gasteiger partial charge is 0 e. The fourth-order valence-electron chi connectivity index (χ4n) is 2.75. The van der Waals surface area contributed by atoms with Gasteiger partial charge in [-0.1, -0.05) is 105 Å². The fourth-order valence-corrected chi connectivity index (χ4v) is 2.75. The molecule has 2 rings (SSSR count). The molecule has 0 unspecified atom stereocenters. The van der Waals surface area contributed by atoms with Crippen LogP contribution in [0.5, 0.6) is 0 Å². The molecule has 0 atom stereocenters. The van der Waals surface area contributed by atoms with Crippen molar-refractivity contribution in [2.24, 2.45) is 0 Å². The van der Waals surface area contributed by atoms with E-state index in [9.17, 15) is 0 Å². The summed E-state index contributed by atoms with van der Waals surface area (Å²) in [5.74, 6) is 0. The van der Waals surface area contributed by atoms with Crippen LogP contribution in [0.1, 0.15) is 105 Å². The average Bonchev–Trinajstić information content (AvgIpc) is 3.44. The van der Waals surface area contributed by atoms with Gasteiger partial charge in [0.2, 0.25) is 0 Å². The number of hydrogen-bond acceptors (Lipinski definition) is 0. The van der Waals surface area contributed by atoms with Crippen molar-refractivity contribution in [2.75, 3.05) is 0 Å². The first kappa shape index (κ1) is 48.1. The summed E-state index contributed by atoms with van der Waals surface area (Å²) >= 11 is 0. The Morgan fingerprint density at radius 1 is 0.472 bits per heavy atom. The monoisotopic (exact) mass is 662 g/mol. The van der Waals surface area contributed by atoms with Gasteiger partial charge in [-0.15, -0.1) is 0 Å². The predicted molar refractivity (Wildman–Crippen MR) is 135 cm³/mol. The summed E-state index contributed by atoms with van der Waals surface area (Å²) in [5.41, 5.74) is 6.89. The quantitative estimate of drug-likeness (QED) is 0.157. The van der Waals surface area contributed by atoms with Gasteiger partial charge in [0, 0.05) is 42.1 Å². The molecule has 0 N–H and O–H groups in total. The number of hydrogen-bond donors (Lipinski definition) is 0. The molecule has 4 nitrogen and oxygen atoms in total. The van der Waals surface area contributed by atoms with Crippen molar-refractivity contribution in [3.05, 3.63) is 85.3 Å². The molecule has 0 heterocycles. The first-order valence-corrected chi connectivity index (χ1v) is 10.8. The summed E-state index contributed by atoms with van der Waals surface area (Å²) < 4.78 is 30.0. The van der Waals surface area contributed by atoms with Crippen molar-refractivity contribution in [3.8, 4) is 0 Å². The smallest absolute Gasteiger partial charge is 0 e. The van der Waals surface area contributed by atoms with Crippen LogP contribution in [-0.4, -0.2) is 0 Å². The molecule has 0 saturated heterocycles. The minimum absolute atomic E-state index is 0.